The number of benzene rings is 3. The average Bonchev–Trinajstić information content (AvgIpc) is 3.30. The van der Waals surface area contributed by atoms with E-state index in [1.165, 1.54) is 39.2 Å². The minimum atomic E-state index is -1.33. The normalized spacial score (nSPS) is 10.5. The predicted octanol–water partition coefficient (Wildman–Crippen LogP) is 4.49. The van der Waals surface area contributed by atoms with Crippen LogP contribution in [-0.2, 0) is 4.79 Å². The zero-order valence-corrected chi connectivity index (χ0v) is 20.4. The number of carbonyl (C=O) groups is 4. The lowest BCUT2D eigenvalue weighted by Crippen LogP contribution is -2.15. The van der Waals surface area contributed by atoms with Crippen LogP contribution in [0.15, 0.2) is 53.1 Å². The molecule has 0 radical (unpaired) electrons. The van der Waals surface area contributed by atoms with Gasteiger partial charge in [-0.25, -0.2) is 4.79 Å². The van der Waals surface area contributed by atoms with Gasteiger partial charge in [0.15, 0.2) is 17.1 Å². The maximum atomic E-state index is 13.2. The molecule has 3 N–H and O–H groups in total. The molecule has 190 valence electrons. The van der Waals surface area contributed by atoms with Crippen LogP contribution in [0.25, 0.3) is 22.1 Å². The molecule has 0 fully saturated rings. The number of hydrogen-bond acceptors (Lipinski definition) is 8. The third kappa shape index (κ3) is 4.91. The molecule has 38 heavy (non-hydrogen) atoms. The van der Waals surface area contributed by atoms with Crippen molar-refractivity contribution in [1.82, 2.24) is 5.16 Å². The lowest BCUT2D eigenvalue weighted by Gasteiger charge is -2.14. The number of fused-ring (bicyclic) bond motifs is 1. The van der Waals surface area contributed by atoms with E-state index in [-0.39, 0.29) is 50.7 Å². The first-order chi connectivity index (χ1) is 18.1. The van der Waals surface area contributed by atoms with Crippen LogP contribution < -0.4 is 15.4 Å². The molecule has 11 nitrogen and oxygen atoms in total. The fraction of sp³-hybridized carbons (Fsp3) is 0.111. The number of methoxy groups -OCH3 is 1. The minimum absolute atomic E-state index is 0.0390. The summed E-state index contributed by atoms with van der Waals surface area (Å²) >= 11 is 0. The first-order valence-corrected chi connectivity index (χ1v) is 11.1. The highest BCUT2D eigenvalue weighted by Gasteiger charge is 2.23. The lowest BCUT2D eigenvalue weighted by molar-refractivity contribution is -0.114. The number of ketones is 1. The highest BCUT2D eigenvalue weighted by atomic mass is 16.5. The molecule has 0 saturated heterocycles. The van der Waals surface area contributed by atoms with Crippen LogP contribution in [-0.4, -0.2) is 40.9 Å². The molecule has 0 unspecified atom stereocenters. The number of carboxylic acids is 1. The Balaban J connectivity index is 1.85. The van der Waals surface area contributed by atoms with Gasteiger partial charge in [-0.2, -0.15) is 5.26 Å². The first-order valence-electron chi connectivity index (χ1n) is 11.1. The fourth-order valence-corrected chi connectivity index (χ4v) is 3.94. The van der Waals surface area contributed by atoms with Crippen molar-refractivity contribution in [2.75, 3.05) is 17.7 Å². The second kappa shape index (κ2) is 10.2. The molecule has 4 rings (SSSR count). The van der Waals surface area contributed by atoms with E-state index in [0.717, 1.165) is 6.07 Å². The number of nitrogens with one attached hydrogen (secondary N) is 2. The number of hydrogen-bond donors (Lipinski definition) is 3. The molecule has 1 aromatic heterocycles. The summed E-state index contributed by atoms with van der Waals surface area (Å²) in [5, 5.41) is 27.8. The monoisotopic (exact) mass is 512 g/mol. The van der Waals surface area contributed by atoms with E-state index < -0.39 is 11.9 Å². The van der Waals surface area contributed by atoms with E-state index in [1.54, 1.807) is 24.3 Å². The quantitative estimate of drug-likeness (QED) is 0.302. The van der Waals surface area contributed by atoms with Gasteiger partial charge in [0.1, 0.15) is 5.75 Å². The zero-order valence-electron chi connectivity index (χ0n) is 20.4. The molecule has 0 atom stereocenters. The summed E-state index contributed by atoms with van der Waals surface area (Å²) < 4.78 is 10.8. The van der Waals surface area contributed by atoms with E-state index in [9.17, 15) is 24.3 Å². The summed E-state index contributed by atoms with van der Waals surface area (Å²) in [4.78, 5) is 49.0. The van der Waals surface area contributed by atoms with Gasteiger partial charge in [-0.3, -0.25) is 14.4 Å². The van der Waals surface area contributed by atoms with Crippen LogP contribution in [0.4, 0.5) is 11.4 Å². The second-order valence-corrected chi connectivity index (χ2v) is 8.21. The summed E-state index contributed by atoms with van der Waals surface area (Å²) in [6.45, 7) is 2.74. The Hall–Kier alpha value is -5.50. The van der Waals surface area contributed by atoms with Gasteiger partial charge in [0.25, 0.3) is 5.91 Å². The third-order valence-electron chi connectivity index (χ3n) is 5.64. The van der Waals surface area contributed by atoms with Crippen molar-refractivity contribution in [3.05, 3.63) is 70.9 Å². The van der Waals surface area contributed by atoms with Gasteiger partial charge in [0, 0.05) is 23.7 Å². The van der Waals surface area contributed by atoms with E-state index in [1.807, 2.05) is 6.07 Å². The molecule has 3 aromatic carbocycles. The van der Waals surface area contributed by atoms with Crippen molar-refractivity contribution >= 4 is 45.9 Å². The van der Waals surface area contributed by atoms with Crippen LogP contribution in [0.5, 0.6) is 5.75 Å². The van der Waals surface area contributed by atoms with Gasteiger partial charge in [0.2, 0.25) is 5.91 Å². The minimum Gasteiger partial charge on any atom is -0.496 e. The van der Waals surface area contributed by atoms with Gasteiger partial charge >= 0.3 is 5.97 Å². The Morgan fingerprint density at radius 1 is 0.974 bits per heavy atom. The van der Waals surface area contributed by atoms with Crippen molar-refractivity contribution < 1.29 is 33.5 Å². The number of nitrogens with zero attached hydrogens (tertiary/aromatic N) is 2. The largest absolute Gasteiger partial charge is 0.496 e. The molecule has 1 heterocycles. The lowest BCUT2D eigenvalue weighted by atomic mass is 9.94. The van der Waals surface area contributed by atoms with Gasteiger partial charge < -0.3 is 25.0 Å². The van der Waals surface area contributed by atoms with Crippen LogP contribution in [0.3, 0.4) is 0 Å². The van der Waals surface area contributed by atoms with Crippen LogP contribution in [0.1, 0.15) is 50.6 Å². The fourth-order valence-electron chi connectivity index (χ4n) is 3.94. The standard InChI is InChI=1S/C27H20N4O7/c1-13(32)17-11-24-21(10-18(17)19-9-16(29-14(2)33)5-7-23(19)37-3)25(31-38-24)26(34)30-22-6-4-15(12-28)8-20(22)27(35)36/h4-11H,1-3H3,(H,29,33)(H,30,34)(H,35,36). The Bertz CT molecular complexity index is 1680. The number of aromatic carboxylic acids is 1. The smallest absolute Gasteiger partial charge is 0.337 e. The number of nitriles is 1. The first kappa shape index (κ1) is 25.6. The summed E-state index contributed by atoms with van der Waals surface area (Å²) in [5.74, 6) is -2.27. The van der Waals surface area contributed by atoms with E-state index in [0.29, 0.717) is 22.6 Å². The number of rotatable bonds is 7. The number of amides is 2. The second-order valence-electron chi connectivity index (χ2n) is 8.21. The average molecular weight is 512 g/mol. The summed E-state index contributed by atoms with van der Waals surface area (Å²) in [7, 11) is 1.46. The SMILES string of the molecule is COc1ccc(NC(C)=O)cc1-c1cc2c(C(=O)Nc3ccc(C#N)cc3C(=O)O)noc2cc1C(C)=O. The molecular weight excluding hydrogens is 492 g/mol. The highest BCUT2D eigenvalue weighted by Crippen LogP contribution is 2.38. The molecular formula is C27H20N4O7. The van der Waals surface area contributed by atoms with Crippen LogP contribution in [0, 0.1) is 11.3 Å². The van der Waals surface area contributed by atoms with Gasteiger partial charge in [-0.15, -0.1) is 0 Å². The van der Waals surface area contributed by atoms with Crippen molar-refractivity contribution in [3.8, 4) is 22.9 Å². The molecule has 0 aliphatic rings. The molecule has 0 aliphatic heterocycles. The molecule has 0 spiro atoms. The zero-order chi connectivity index (χ0) is 27.6. The Morgan fingerprint density at radius 3 is 2.37 bits per heavy atom. The molecule has 0 aliphatic carbocycles. The van der Waals surface area contributed by atoms with Crippen molar-refractivity contribution in [3.63, 3.8) is 0 Å². The van der Waals surface area contributed by atoms with E-state index in [4.69, 9.17) is 14.5 Å². The van der Waals surface area contributed by atoms with Crippen molar-refractivity contribution in [1.29, 1.82) is 5.26 Å². The summed E-state index contributed by atoms with van der Waals surface area (Å²) in [6.07, 6.45) is 0. The number of carboxylic acid groups (broad SMARTS) is 1. The molecule has 2 amide bonds. The molecule has 4 aromatic rings. The van der Waals surface area contributed by atoms with Crippen LogP contribution in [0.2, 0.25) is 0 Å². The van der Waals surface area contributed by atoms with E-state index in [2.05, 4.69) is 15.8 Å². The summed E-state index contributed by atoms with van der Waals surface area (Å²) in [5.41, 5.74) is 1.40. The number of anilines is 2. The van der Waals surface area contributed by atoms with Crippen molar-refractivity contribution in [2.24, 2.45) is 0 Å². The number of Topliss-reactive ketones (excluding diaryl/α,β-unsaturated/α-hetero) is 1. The maximum absolute atomic E-state index is 13.2. The molecule has 0 saturated carbocycles. The predicted molar refractivity (Wildman–Crippen MR) is 136 cm³/mol. The van der Waals surface area contributed by atoms with Gasteiger partial charge in [-0.05, 0) is 61.0 Å². The summed E-state index contributed by atoms with van der Waals surface area (Å²) in [6, 6.07) is 13.6. The van der Waals surface area contributed by atoms with Gasteiger partial charge in [0.05, 0.1) is 35.4 Å². The topological polar surface area (TPSA) is 172 Å². The molecule has 0 bridgehead atoms. The van der Waals surface area contributed by atoms with E-state index >= 15 is 0 Å². The molecule has 11 heteroatoms. The highest BCUT2D eigenvalue weighted by molar-refractivity contribution is 6.14. The van der Waals surface area contributed by atoms with Crippen molar-refractivity contribution in [2.45, 2.75) is 13.8 Å². The van der Waals surface area contributed by atoms with Gasteiger partial charge in [-0.1, -0.05) is 5.16 Å². The Kier molecular flexibility index (Phi) is 6.89. The number of carbonyl (C=O) groups excluding carboxylic acids is 3. The number of ether oxygens (including phenoxy) is 1. The third-order valence-corrected chi connectivity index (χ3v) is 5.64. The maximum Gasteiger partial charge on any atom is 0.337 e. The Labute approximate surface area is 215 Å². The Morgan fingerprint density at radius 2 is 1.74 bits per heavy atom. The van der Waals surface area contributed by atoms with Crippen LogP contribution >= 0.6 is 0 Å². The number of aromatic nitrogens is 1.